The van der Waals surface area contributed by atoms with Gasteiger partial charge in [0, 0.05) is 32.5 Å². The van der Waals surface area contributed by atoms with Crippen molar-refractivity contribution in [3.05, 3.63) is 29.8 Å². The zero-order valence-electron chi connectivity index (χ0n) is 37.7. The van der Waals surface area contributed by atoms with Crippen molar-refractivity contribution in [1.82, 2.24) is 32.1 Å². The van der Waals surface area contributed by atoms with Gasteiger partial charge in [-0.15, -0.1) is 0 Å². The van der Waals surface area contributed by atoms with Gasteiger partial charge >= 0.3 is 17.9 Å². The van der Waals surface area contributed by atoms with Crippen LogP contribution in [0.25, 0.3) is 0 Å². The maximum absolute atomic E-state index is 12.3. The third kappa shape index (κ3) is 33.1. The lowest BCUT2D eigenvalue weighted by Crippen LogP contribution is -2.44. The standard InChI is InChI=1S/C43H70N6O17/c50-36(18-17-35(43(59)60)48-37(51)12-7-5-3-1-2-4-6-10-22-66-33-15-13-32(14-16-33)42(57)58)45-20-23-62-25-28-65-31-39(53)46-21-24-63-26-27-64-30-38(52)44-19-9-8-11-34(49-61)41(56)47-29-40(54)55/h13-16,34-35,49,61H,1-12,17-31H2,(H,44,52)(H,45,50)(H,46,53)(H,47,56)(H,48,51)(H,54,55)(H,57,58)(H,59,60)/t34-,35?/m0/s1. The van der Waals surface area contributed by atoms with Crippen LogP contribution in [-0.2, 0) is 52.5 Å². The molecule has 1 unspecified atom stereocenters. The minimum absolute atomic E-state index is 0.0597. The van der Waals surface area contributed by atoms with E-state index >= 15 is 0 Å². The van der Waals surface area contributed by atoms with Gasteiger partial charge in [0.05, 0.1) is 51.8 Å². The first-order chi connectivity index (χ1) is 31.8. The second kappa shape index (κ2) is 38.8. The molecule has 23 nitrogen and oxygen atoms in total. The minimum atomic E-state index is -1.21. The van der Waals surface area contributed by atoms with Crippen LogP contribution < -0.4 is 36.8 Å². The Morgan fingerprint density at radius 1 is 0.500 bits per heavy atom. The second-order valence-corrected chi connectivity index (χ2v) is 14.9. The van der Waals surface area contributed by atoms with E-state index in [0.29, 0.717) is 38.2 Å². The molecule has 0 saturated carbocycles. The van der Waals surface area contributed by atoms with Gasteiger partial charge in [0.2, 0.25) is 29.5 Å². The monoisotopic (exact) mass is 942 g/mol. The van der Waals surface area contributed by atoms with E-state index < -0.39 is 42.4 Å². The molecular weight excluding hydrogens is 872 g/mol. The van der Waals surface area contributed by atoms with Gasteiger partial charge < -0.3 is 70.8 Å². The first kappa shape index (κ1) is 58.6. The second-order valence-electron chi connectivity index (χ2n) is 14.9. The fraction of sp³-hybridized carbons (Fsp3) is 0.674. The number of rotatable bonds is 43. The zero-order chi connectivity index (χ0) is 48.6. The van der Waals surface area contributed by atoms with E-state index in [4.69, 9.17) is 39.1 Å². The van der Waals surface area contributed by atoms with Crippen molar-refractivity contribution in [2.75, 3.05) is 85.6 Å². The third-order valence-corrected chi connectivity index (χ3v) is 9.44. The van der Waals surface area contributed by atoms with E-state index in [1.807, 2.05) is 5.48 Å². The molecule has 1 rings (SSSR count). The van der Waals surface area contributed by atoms with Crippen LogP contribution in [-0.4, -0.2) is 166 Å². The number of carbonyl (C=O) groups excluding carboxylic acids is 5. The van der Waals surface area contributed by atoms with Gasteiger partial charge in [-0.25, -0.2) is 9.59 Å². The molecule has 23 heteroatoms. The third-order valence-electron chi connectivity index (χ3n) is 9.44. The fourth-order valence-corrected chi connectivity index (χ4v) is 5.86. The quantitative estimate of drug-likeness (QED) is 0.0319. The highest BCUT2D eigenvalue weighted by molar-refractivity contribution is 5.88. The van der Waals surface area contributed by atoms with Gasteiger partial charge in [0.15, 0.2) is 0 Å². The number of carboxylic acid groups (broad SMARTS) is 3. The predicted octanol–water partition coefficient (Wildman–Crippen LogP) is 0.758. The largest absolute Gasteiger partial charge is 0.494 e. The summed E-state index contributed by atoms with van der Waals surface area (Å²) < 4.78 is 26.9. The number of hydrogen-bond acceptors (Lipinski definition) is 15. The van der Waals surface area contributed by atoms with Crippen LogP contribution >= 0.6 is 0 Å². The molecule has 5 amide bonds. The summed E-state index contributed by atoms with van der Waals surface area (Å²) in [6, 6.07) is 4.17. The Hall–Kier alpha value is -5.46. The van der Waals surface area contributed by atoms with Gasteiger partial charge in [0.1, 0.15) is 37.6 Å². The van der Waals surface area contributed by atoms with E-state index in [0.717, 1.165) is 44.9 Å². The number of carboxylic acids is 3. The molecule has 374 valence electrons. The summed E-state index contributed by atoms with van der Waals surface area (Å²) in [5.41, 5.74) is 2.05. The Morgan fingerprint density at radius 3 is 1.61 bits per heavy atom. The molecule has 0 radical (unpaired) electrons. The summed E-state index contributed by atoms with van der Waals surface area (Å²) in [7, 11) is 0. The maximum Gasteiger partial charge on any atom is 0.335 e. The molecule has 0 heterocycles. The lowest BCUT2D eigenvalue weighted by atomic mass is 10.1. The van der Waals surface area contributed by atoms with Crippen LogP contribution in [0, 0.1) is 0 Å². The van der Waals surface area contributed by atoms with Gasteiger partial charge in [-0.2, -0.15) is 5.48 Å². The highest BCUT2D eigenvalue weighted by Gasteiger charge is 2.21. The fourth-order valence-electron chi connectivity index (χ4n) is 5.86. The van der Waals surface area contributed by atoms with Crippen molar-refractivity contribution in [1.29, 1.82) is 0 Å². The van der Waals surface area contributed by atoms with Crippen LogP contribution in [0.1, 0.15) is 100 Å². The molecule has 0 aliphatic carbocycles. The molecule has 1 aromatic carbocycles. The van der Waals surface area contributed by atoms with Gasteiger partial charge in [-0.1, -0.05) is 38.5 Å². The Morgan fingerprint density at radius 2 is 1.05 bits per heavy atom. The zero-order valence-corrected chi connectivity index (χ0v) is 37.7. The number of hydroxylamine groups is 1. The number of nitrogens with one attached hydrogen (secondary N) is 6. The molecule has 1 aromatic rings. The highest BCUT2D eigenvalue weighted by atomic mass is 16.5. The van der Waals surface area contributed by atoms with E-state index in [1.165, 1.54) is 12.1 Å². The van der Waals surface area contributed by atoms with E-state index in [-0.39, 0.29) is 121 Å². The molecule has 66 heavy (non-hydrogen) atoms. The van der Waals surface area contributed by atoms with Crippen LogP contribution in [0.15, 0.2) is 24.3 Å². The minimum Gasteiger partial charge on any atom is -0.494 e. The van der Waals surface area contributed by atoms with Crippen molar-refractivity contribution in [3.8, 4) is 5.75 Å². The van der Waals surface area contributed by atoms with Crippen LogP contribution in [0.4, 0.5) is 0 Å². The Balaban J connectivity index is 1.93. The molecule has 2 atom stereocenters. The molecule has 0 saturated heterocycles. The summed E-state index contributed by atoms with van der Waals surface area (Å²) in [5, 5.41) is 48.7. The summed E-state index contributed by atoms with van der Waals surface area (Å²) in [4.78, 5) is 93.2. The van der Waals surface area contributed by atoms with Crippen LogP contribution in [0.5, 0.6) is 5.75 Å². The highest BCUT2D eigenvalue weighted by Crippen LogP contribution is 2.14. The van der Waals surface area contributed by atoms with Crippen LogP contribution in [0.2, 0.25) is 0 Å². The van der Waals surface area contributed by atoms with Gasteiger partial charge in [-0.3, -0.25) is 28.8 Å². The SMILES string of the molecule is O=C(O)CNC(=O)[C@H](CCCCNC(=O)COCCOCCNC(=O)COCCOCCNC(=O)CCC(NC(=O)CCCCCCCCCCOc1ccc(C(=O)O)cc1)C(=O)O)NO. The van der Waals surface area contributed by atoms with Crippen molar-refractivity contribution in [2.45, 2.75) is 102 Å². The molecule has 0 fully saturated rings. The average molecular weight is 943 g/mol. The lowest BCUT2D eigenvalue weighted by molar-refractivity contribution is -0.142. The first-order valence-electron chi connectivity index (χ1n) is 22.3. The Kier molecular flexibility index (Phi) is 34.4. The normalized spacial score (nSPS) is 11.8. The predicted molar refractivity (Wildman–Crippen MR) is 235 cm³/mol. The molecule has 10 N–H and O–H groups in total. The number of ether oxygens (including phenoxy) is 5. The molecule has 0 aromatic heterocycles. The summed E-state index contributed by atoms with van der Waals surface area (Å²) in [6.07, 6.45) is 8.78. The van der Waals surface area contributed by atoms with Crippen molar-refractivity contribution in [3.63, 3.8) is 0 Å². The summed E-state index contributed by atoms with van der Waals surface area (Å²) in [6.45, 7) is 1.37. The molecule has 0 aliphatic heterocycles. The number of unbranched alkanes of at least 4 members (excludes halogenated alkanes) is 8. The number of carbonyl (C=O) groups is 8. The number of amides is 5. The molecule has 0 bridgehead atoms. The van der Waals surface area contributed by atoms with Crippen molar-refractivity contribution >= 4 is 47.4 Å². The summed E-state index contributed by atoms with van der Waals surface area (Å²) >= 11 is 0. The number of aliphatic carboxylic acids is 2. The van der Waals surface area contributed by atoms with Gasteiger partial charge in [-0.05, 0) is 62.8 Å². The van der Waals surface area contributed by atoms with Crippen molar-refractivity contribution < 1.29 is 82.6 Å². The van der Waals surface area contributed by atoms with Gasteiger partial charge in [0.25, 0.3) is 0 Å². The molecule has 0 aliphatic rings. The number of hydrogen-bond donors (Lipinski definition) is 10. The molecule has 0 spiro atoms. The van der Waals surface area contributed by atoms with Crippen LogP contribution in [0.3, 0.4) is 0 Å². The molecular formula is C43H70N6O17. The number of benzene rings is 1. The van der Waals surface area contributed by atoms with E-state index in [1.54, 1.807) is 12.1 Å². The topological polar surface area (TPSA) is 336 Å². The van der Waals surface area contributed by atoms with Crippen molar-refractivity contribution in [2.24, 2.45) is 0 Å². The lowest BCUT2D eigenvalue weighted by Gasteiger charge is -2.14. The number of aromatic carboxylic acids is 1. The average Bonchev–Trinajstić information content (AvgIpc) is 3.29. The first-order valence-corrected chi connectivity index (χ1v) is 22.3. The van der Waals surface area contributed by atoms with E-state index in [2.05, 4.69) is 26.6 Å². The Bertz CT molecular complexity index is 1570. The van der Waals surface area contributed by atoms with E-state index in [9.17, 15) is 43.5 Å². The summed E-state index contributed by atoms with van der Waals surface area (Å²) in [5.74, 6) is -4.85. The smallest absolute Gasteiger partial charge is 0.335 e. The Labute approximate surface area is 384 Å². The maximum atomic E-state index is 12.3.